The first-order valence-corrected chi connectivity index (χ1v) is 13.2. The van der Waals surface area contributed by atoms with Crippen molar-refractivity contribution < 1.29 is 28.4 Å². The summed E-state index contributed by atoms with van der Waals surface area (Å²) < 4.78 is 28.0. The summed E-state index contributed by atoms with van der Waals surface area (Å²) in [6.07, 6.45) is 6.67. The molecule has 2 aromatic carbocycles. The van der Waals surface area contributed by atoms with E-state index in [0.717, 1.165) is 22.3 Å². The smallest absolute Gasteiger partial charge is 0.259 e. The first kappa shape index (κ1) is 26.1. The van der Waals surface area contributed by atoms with Gasteiger partial charge in [-0.15, -0.1) is 0 Å². The van der Waals surface area contributed by atoms with E-state index in [1.54, 1.807) is 32.1 Å². The van der Waals surface area contributed by atoms with Crippen LogP contribution in [0.4, 0.5) is 14.5 Å². The molecule has 206 valence electrons. The molecule has 0 radical (unpaired) electrons. The fourth-order valence-electron chi connectivity index (χ4n) is 6.33. The molecule has 0 aromatic heterocycles. The number of anilines is 1. The summed E-state index contributed by atoms with van der Waals surface area (Å²) in [5, 5.41) is 13.8. The van der Waals surface area contributed by atoms with Crippen LogP contribution >= 0.6 is 0 Å². The maximum atomic E-state index is 14.0. The van der Waals surface area contributed by atoms with Crippen molar-refractivity contribution in [2.24, 2.45) is 15.8 Å². The number of likely N-dealkylation sites (tertiary alicyclic amines) is 1. The predicted molar refractivity (Wildman–Crippen MR) is 142 cm³/mol. The quantitative estimate of drug-likeness (QED) is 0.590. The number of nitrogens with zero attached hydrogens (tertiary/aromatic N) is 3. The summed E-state index contributed by atoms with van der Waals surface area (Å²) >= 11 is 0. The minimum Gasteiger partial charge on any atom is -0.326 e. The number of amides is 3. The second kappa shape index (κ2) is 9.19. The number of hydrogen-bond acceptors (Lipinski definition) is 5. The molecule has 4 aliphatic rings. The molecule has 2 N–H and O–H groups in total. The van der Waals surface area contributed by atoms with E-state index in [1.165, 1.54) is 23.2 Å². The van der Waals surface area contributed by atoms with Crippen LogP contribution in [-0.2, 0) is 27.2 Å². The lowest BCUT2D eigenvalue weighted by molar-refractivity contribution is -0.150. The van der Waals surface area contributed by atoms with Crippen molar-refractivity contribution in [2.45, 2.75) is 45.6 Å². The summed E-state index contributed by atoms with van der Waals surface area (Å²) in [6, 6.07) is 7.95. The maximum Gasteiger partial charge on any atom is 0.259 e. The van der Waals surface area contributed by atoms with E-state index in [0.29, 0.717) is 42.5 Å². The highest BCUT2D eigenvalue weighted by molar-refractivity contribution is 6.17. The molecule has 2 atom stereocenters. The minimum atomic E-state index is -0.898. The Bertz CT molecular complexity index is 1540. The second-order valence-corrected chi connectivity index (χ2v) is 11.5. The number of hydroxylamine groups is 2. The van der Waals surface area contributed by atoms with Gasteiger partial charge in [-0.2, -0.15) is 4.99 Å². The molecule has 6 rings (SSSR count). The number of hydrogen-bond donors (Lipinski definition) is 2. The molecule has 40 heavy (non-hydrogen) atoms. The molecular weight excluding hydrogens is 518 g/mol. The SMILES string of the molecule is CC1(C)CCC(c2cc(F)cc(F)c2)N(CC(=O)Nc2ccc3c(c2)CC2(C3)C(=O)N=C3C2=CC=CN3O)C1=O. The Kier molecular flexibility index (Phi) is 5.99. The van der Waals surface area contributed by atoms with Gasteiger partial charge >= 0.3 is 0 Å². The van der Waals surface area contributed by atoms with E-state index >= 15 is 0 Å². The average molecular weight is 547 g/mol. The summed E-state index contributed by atoms with van der Waals surface area (Å²) in [5.41, 5.74) is 1.70. The lowest BCUT2D eigenvalue weighted by Gasteiger charge is -2.43. The van der Waals surface area contributed by atoms with Crippen LogP contribution in [0.3, 0.4) is 0 Å². The lowest BCUT2D eigenvalue weighted by Crippen LogP contribution is -2.50. The first-order chi connectivity index (χ1) is 19.0. The van der Waals surface area contributed by atoms with Crippen LogP contribution in [0.1, 0.15) is 49.4 Å². The van der Waals surface area contributed by atoms with Crippen molar-refractivity contribution >= 4 is 29.2 Å². The molecule has 2 unspecified atom stereocenters. The molecule has 3 amide bonds. The number of carbonyl (C=O) groups is 3. The summed E-state index contributed by atoms with van der Waals surface area (Å²) in [7, 11) is 0. The van der Waals surface area contributed by atoms with Gasteiger partial charge in [-0.1, -0.05) is 26.0 Å². The van der Waals surface area contributed by atoms with Crippen molar-refractivity contribution in [3.63, 3.8) is 0 Å². The van der Waals surface area contributed by atoms with Crippen LogP contribution in [0.5, 0.6) is 0 Å². The molecule has 3 aliphatic heterocycles. The van der Waals surface area contributed by atoms with E-state index in [4.69, 9.17) is 0 Å². The Balaban J connectivity index is 1.21. The molecule has 1 fully saturated rings. The molecular formula is C30H28F2N4O4. The van der Waals surface area contributed by atoms with E-state index in [9.17, 15) is 28.4 Å². The maximum absolute atomic E-state index is 14.0. The topological polar surface area (TPSA) is 102 Å². The fourth-order valence-corrected chi connectivity index (χ4v) is 6.33. The fraction of sp³-hybridized carbons (Fsp3) is 0.333. The predicted octanol–water partition coefficient (Wildman–Crippen LogP) is 4.46. The molecule has 2 aromatic rings. The van der Waals surface area contributed by atoms with Gasteiger partial charge in [0, 0.05) is 28.9 Å². The average Bonchev–Trinajstić information content (AvgIpc) is 3.39. The summed E-state index contributed by atoms with van der Waals surface area (Å²) in [6.45, 7) is 3.31. The van der Waals surface area contributed by atoms with Crippen molar-refractivity contribution in [3.8, 4) is 0 Å². The molecule has 3 heterocycles. The van der Waals surface area contributed by atoms with Gasteiger partial charge in [0.1, 0.15) is 18.2 Å². The molecule has 1 saturated heterocycles. The van der Waals surface area contributed by atoms with E-state index in [2.05, 4.69) is 10.3 Å². The van der Waals surface area contributed by atoms with Gasteiger partial charge in [0.2, 0.25) is 11.8 Å². The number of benzene rings is 2. The highest BCUT2D eigenvalue weighted by Crippen LogP contribution is 2.49. The van der Waals surface area contributed by atoms with Crippen molar-refractivity contribution in [2.75, 3.05) is 11.9 Å². The van der Waals surface area contributed by atoms with Crippen molar-refractivity contribution in [3.05, 3.63) is 88.6 Å². The third kappa shape index (κ3) is 4.23. The van der Waals surface area contributed by atoms with Gasteiger partial charge in [0.15, 0.2) is 5.84 Å². The van der Waals surface area contributed by atoms with E-state index < -0.39 is 34.4 Å². The lowest BCUT2D eigenvalue weighted by atomic mass is 9.77. The Morgan fingerprint density at radius 1 is 1.10 bits per heavy atom. The molecule has 0 bridgehead atoms. The normalized spacial score (nSPS) is 24.7. The zero-order valence-electron chi connectivity index (χ0n) is 22.1. The number of allylic oxidation sites excluding steroid dienone is 2. The molecule has 10 heteroatoms. The van der Waals surface area contributed by atoms with Crippen LogP contribution in [-0.4, -0.2) is 45.3 Å². The molecule has 8 nitrogen and oxygen atoms in total. The van der Waals surface area contributed by atoms with Gasteiger partial charge in [-0.25, -0.2) is 13.8 Å². The monoisotopic (exact) mass is 546 g/mol. The number of nitrogens with one attached hydrogen (secondary N) is 1. The number of piperidine rings is 1. The third-order valence-electron chi connectivity index (χ3n) is 8.40. The highest BCUT2D eigenvalue weighted by atomic mass is 19.1. The van der Waals surface area contributed by atoms with Gasteiger partial charge in [0.25, 0.3) is 5.91 Å². The summed E-state index contributed by atoms with van der Waals surface area (Å²) in [5.74, 6) is -2.27. The minimum absolute atomic E-state index is 0.232. The van der Waals surface area contributed by atoms with Gasteiger partial charge in [-0.05, 0) is 72.7 Å². The molecule has 0 saturated carbocycles. The van der Waals surface area contributed by atoms with E-state index in [-0.39, 0.29) is 24.2 Å². The van der Waals surface area contributed by atoms with Crippen LogP contribution in [0, 0.1) is 22.5 Å². The van der Waals surface area contributed by atoms with Gasteiger partial charge in [0.05, 0.1) is 11.5 Å². The third-order valence-corrected chi connectivity index (χ3v) is 8.40. The number of aliphatic imine (C=N–C) groups is 1. The number of rotatable bonds is 4. The second-order valence-electron chi connectivity index (χ2n) is 11.5. The Hall–Kier alpha value is -4.18. The Labute approximate surface area is 229 Å². The molecule has 1 spiro atoms. The van der Waals surface area contributed by atoms with Crippen molar-refractivity contribution in [1.82, 2.24) is 9.96 Å². The highest BCUT2D eigenvalue weighted by Gasteiger charge is 2.53. The largest absolute Gasteiger partial charge is 0.326 e. The van der Waals surface area contributed by atoms with Crippen LogP contribution in [0.15, 0.2) is 65.3 Å². The first-order valence-electron chi connectivity index (χ1n) is 13.2. The zero-order valence-corrected chi connectivity index (χ0v) is 22.1. The molecule has 1 aliphatic carbocycles. The van der Waals surface area contributed by atoms with Crippen LogP contribution < -0.4 is 5.32 Å². The van der Waals surface area contributed by atoms with Crippen molar-refractivity contribution in [1.29, 1.82) is 0 Å². The standard InChI is InChI=1S/C30H28F2N4O4/c1-29(2)8-7-24(18-10-20(31)13-21(32)11-18)35(28(29)39)16-25(37)33-22-6-5-17-14-30(15-19(17)12-22)23-4-3-9-36(40)26(23)34-27(30)38/h3-6,9-13,24,40H,7-8,14-16H2,1-2H3,(H,33,37). The number of fused-ring (bicyclic) bond motifs is 3. The Morgan fingerprint density at radius 2 is 1.82 bits per heavy atom. The zero-order chi connectivity index (χ0) is 28.4. The van der Waals surface area contributed by atoms with Gasteiger partial charge in [-0.3, -0.25) is 19.6 Å². The number of amidine groups is 1. The number of carbonyl (C=O) groups excluding carboxylic acids is 3. The van der Waals surface area contributed by atoms with E-state index in [1.807, 2.05) is 12.1 Å². The van der Waals surface area contributed by atoms with Crippen LogP contribution in [0.2, 0.25) is 0 Å². The summed E-state index contributed by atoms with van der Waals surface area (Å²) in [4.78, 5) is 45.0. The van der Waals surface area contributed by atoms with Gasteiger partial charge < -0.3 is 10.2 Å². The number of halogens is 2. The van der Waals surface area contributed by atoms with Crippen LogP contribution in [0.25, 0.3) is 0 Å². The Morgan fingerprint density at radius 3 is 2.58 bits per heavy atom.